The molecule has 0 saturated carbocycles. The van der Waals surface area contributed by atoms with Crippen molar-refractivity contribution in [2.75, 3.05) is 19.6 Å². The van der Waals surface area contributed by atoms with Gasteiger partial charge in [-0.2, -0.15) is 0 Å². The highest BCUT2D eigenvalue weighted by Gasteiger charge is 2.28. The van der Waals surface area contributed by atoms with E-state index in [1.54, 1.807) is 5.57 Å². The van der Waals surface area contributed by atoms with Gasteiger partial charge in [-0.05, 0) is 30.5 Å². The molecule has 0 N–H and O–H groups in total. The Balaban J connectivity index is 2.00. The van der Waals surface area contributed by atoms with E-state index in [0.29, 0.717) is 5.92 Å². The molecule has 24 heavy (non-hydrogen) atoms. The van der Waals surface area contributed by atoms with Crippen LogP contribution in [0.5, 0.6) is 0 Å². The zero-order chi connectivity index (χ0) is 17.4. The van der Waals surface area contributed by atoms with E-state index in [1.807, 2.05) is 0 Å². The number of rotatable bonds is 8. The van der Waals surface area contributed by atoms with E-state index in [9.17, 15) is 0 Å². The molecular weight excluding hydrogens is 308 g/mol. The summed E-state index contributed by atoms with van der Waals surface area (Å²) in [6.07, 6.45) is 5.72. The monoisotopic (exact) mass is 342 g/mol. The first kappa shape index (κ1) is 19.1. The standard InChI is InChI=1S/C21H34N2Si/c1-5-6-13-22-14-12-20-16-23(15-19-10-8-7-9-11-19)17-21(20)18-24(2,3)4/h7-11,14,18,20H,5-6,12-13,15-17H2,1-4H3. The lowest BCUT2D eigenvalue weighted by Crippen LogP contribution is -2.20. The fourth-order valence-electron chi connectivity index (χ4n) is 3.33. The lowest BCUT2D eigenvalue weighted by atomic mass is 10.0. The summed E-state index contributed by atoms with van der Waals surface area (Å²) in [7, 11) is -1.18. The molecule has 1 fully saturated rings. The Morgan fingerprint density at radius 3 is 2.62 bits per heavy atom. The number of likely N-dealkylation sites (tertiary alicyclic amines) is 1. The van der Waals surface area contributed by atoms with E-state index < -0.39 is 8.07 Å². The highest BCUT2D eigenvalue weighted by molar-refractivity contribution is 6.81. The lowest BCUT2D eigenvalue weighted by molar-refractivity contribution is 0.319. The summed E-state index contributed by atoms with van der Waals surface area (Å²) in [6.45, 7) is 13.9. The molecule has 132 valence electrons. The van der Waals surface area contributed by atoms with E-state index >= 15 is 0 Å². The molecule has 2 rings (SSSR count). The molecule has 0 aliphatic carbocycles. The van der Waals surface area contributed by atoms with Crippen molar-refractivity contribution in [2.24, 2.45) is 10.9 Å². The molecule has 1 aromatic carbocycles. The maximum Gasteiger partial charge on any atom is 0.0687 e. The summed E-state index contributed by atoms with van der Waals surface area (Å²) in [5.41, 5.74) is 5.71. The summed E-state index contributed by atoms with van der Waals surface area (Å²) in [4.78, 5) is 7.21. The van der Waals surface area contributed by atoms with Crippen LogP contribution < -0.4 is 0 Å². The number of hydrogen-bond donors (Lipinski definition) is 0. The number of nitrogens with zero attached hydrogens (tertiary/aromatic N) is 2. The molecule has 1 atom stereocenters. The van der Waals surface area contributed by atoms with Gasteiger partial charge in [0.25, 0.3) is 0 Å². The highest BCUT2D eigenvalue weighted by atomic mass is 28.3. The second-order valence-corrected chi connectivity index (χ2v) is 13.1. The molecule has 1 heterocycles. The minimum atomic E-state index is -1.18. The van der Waals surface area contributed by atoms with Crippen LogP contribution in [0.3, 0.4) is 0 Å². The summed E-state index contributed by atoms with van der Waals surface area (Å²) in [6, 6.07) is 10.9. The van der Waals surface area contributed by atoms with Gasteiger partial charge in [0.1, 0.15) is 0 Å². The maximum atomic E-state index is 4.61. The Bertz CT molecular complexity index is 543. The van der Waals surface area contributed by atoms with Gasteiger partial charge in [-0.15, -0.1) is 0 Å². The molecule has 2 nitrogen and oxygen atoms in total. The van der Waals surface area contributed by atoms with Gasteiger partial charge in [0, 0.05) is 26.2 Å². The Morgan fingerprint density at radius 1 is 1.21 bits per heavy atom. The molecule has 1 saturated heterocycles. The fraction of sp³-hybridized carbons (Fsp3) is 0.571. The van der Waals surface area contributed by atoms with Crippen LogP contribution in [-0.4, -0.2) is 38.8 Å². The SMILES string of the molecule is CCCCN=CCC1CN(Cc2ccccc2)CC1=C[Si](C)(C)C. The predicted octanol–water partition coefficient (Wildman–Crippen LogP) is 5.18. The first-order valence-corrected chi connectivity index (χ1v) is 13.0. The van der Waals surface area contributed by atoms with Crippen molar-refractivity contribution in [3.8, 4) is 0 Å². The van der Waals surface area contributed by atoms with Gasteiger partial charge >= 0.3 is 0 Å². The Kier molecular flexibility index (Phi) is 7.44. The van der Waals surface area contributed by atoms with Crippen molar-refractivity contribution in [1.29, 1.82) is 0 Å². The van der Waals surface area contributed by atoms with Gasteiger partial charge in [-0.1, -0.05) is 74.6 Å². The zero-order valence-electron chi connectivity index (χ0n) is 16.0. The zero-order valence-corrected chi connectivity index (χ0v) is 17.0. The largest absolute Gasteiger partial charge is 0.298 e. The van der Waals surface area contributed by atoms with E-state index in [0.717, 1.165) is 26.1 Å². The van der Waals surface area contributed by atoms with Gasteiger partial charge in [-0.25, -0.2) is 0 Å². The maximum absolute atomic E-state index is 4.61. The second kappa shape index (κ2) is 9.33. The minimum Gasteiger partial charge on any atom is -0.298 e. The van der Waals surface area contributed by atoms with Crippen LogP contribution in [-0.2, 0) is 6.54 Å². The molecule has 1 aliphatic heterocycles. The molecule has 1 aromatic rings. The second-order valence-electron chi connectivity index (χ2n) is 8.12. The number of unbranched alkanes of at least 4 members (excludes halogenated alkanes) is 1. The van der Waals surface area contributed by atoms with Crippen LogP contribution in [0.1, 0.15) is 31.7 Å². The van der Waals surface area contributed by atoms with Gasteiger partial charge in [0.05, 0.1) is 8.07 Å². The van der Waals surface area contributed by atoms with Crippen LogP contribution in [0, 0.1) is 5.92 Å². The van der Waals surface area contributed by atoms with Crippen molar-refractivity contribution in [1.82, 2.24) is 4.90 Å². The van der Waals surface area contributed by atoms with Crippen LogP contribution in [0.2, 0.25) is 19.6 Å². The highest BCUT2D eigenvalue weighted by Crippen LogP contribution is 2.28. The van der Waals surface area contributed by atoms with Crippen molar-refractivity contribution >= 4 is 14.3 Å². The molecule has 0 aromatic heterocycles. The first-order valence-electron chi connectivity index (χ1n) is 9.44. The summed E-state index contributed by atoms with van der Waals surface area (Å²) in [5.74, 6) is 0.658. The Morgan fingerprint density at radius 2 is 1.96 bits per heavy atom. The molecular formula is C21H34N2Si. The smallest absolute Gasteiger partial charge is 0.0687 e. The van der Waals surface area contributed by atoms with Crippen LogP contribution in [0.15, 0.2) is 46.6 Å². The Hall–Kier alpha value is -1.19. The molecule has 1 unspecified atom stereocenters. The van der Waals surface area contributed by atoms with Crippen molar-refractivity contribution in [3.05, 3.63) is 47.2 Å². The van der Waals surface area contributed by atoms with E-state index in [-0.39, 0.29) is 0 Å². The van der Waals surface area contributed by atoms with Crippen LogP contribution in [0.25, 0.3) is 0 Å². The molecule has 0 radical (unpaired) electrons. The predicted molar refractivity (Wildman–Crippen MR) is 110 cm³/mol. The fourth-order valence-corrected chi connectivity index (χ4v) is 4.77. The third-order valence-electron chi connectivity index (χ3n) is 4.44. The van der Waals surface area contributed by atoms with Crippen LogP contribution >= 0.6 is 0 Å². The van der Waals surface area contributed by atoms with Gasteiger partial charge in [-0.3, -0.25) is 9.89 Å². The van der Waals surface area contributed by atoms with Crippen LogP contribution in [0.4, 0.5) is 0 Å². The Labute approximate surface area is 149 Å². The van der Waals surface area contributed by atoms with Crippen molar-refractivity contribution in [2.45, 2.75) is 52.4 Å². The van der Waals surface area contributed by atoms with Crippen molar-refractivity contribution in [3.63, 3.8) is 0 Å². The summed E-state index contributed by atoms with van der Waals surface area (Å²) in [5, 5.41) is 0. The minimum absolute atomic E-state index is 0.658. The average molecular weight is 343 g/mol. The third-order valence-corrected chi connectivity index (χ3v) is 5.67. The number of hydrogen-bond acceptors (Lipinski definition) is 2. The lowest BCUT2D eigenvalue weighted by Gasteiger charge is -2.15. The molecule has 0 spiro atoms. The first-order chi connectivity index (χ1) is 11.5. The number of benzene rings is 1. The van der Waals surface area contributed by atoms with E-state index in [4.69, 9.17) is 0 Å². The molecule has 1 aliphatic rings. The van der Waals surface area contributed by atoms with E-state index in [1.165, 1.54) is 24.9 Å². The average Bonchev–Trinajstić information content (AvgIpc) is 2.87. The van der Waals surface area contributed by atoms with Crippen molar-refractivity contribution < 1.29 is 0 Å². The molecule has 3 heteroatoms. The van der Waals surface area contributed by atoms with Gasteiger partial charge in [0.2, 0.25) is 0 Å². The number of aliphatic imine (C=N–C) groups is 1. The summed E-state index contributed by atoms with van der Waals surface area (Å²) < 4.78 is 0. The van der Waals surface area contributed by atoms with E-state index in [2.05, 4.69) is 78.7 Å². The van der Waals surface area contributed by atoms with Gasteiger partial charge in [0.15, 0.2) is 0 Å². The normalized spacial score (nSPS) is 21.2. The quantitative estimate of drug-likeness (QED) is 0.361. The molecule has 0 bridgehead atoms. The molecule has 0 amide bonds. The topological polar surface area (TPSA) is 15.6 Å². The van der Waals surface area contributed by atoms with Gasteiger partial charge < -0.3 is 0 Å². The third kappa shape index (κ3) is 6.74. The summed E-state index contributed by atoms with van der Waals surface area (Å²) >= 11 is 0.